The third-order valence-electron chi connectivity index (χ3n) is 4.23. The summed E-state index contributed by atoms with van der Waals surface area (Å²) in [7, 11) is 2.87. The number of ether oxygens (including phenoxy) is 1. The van der Waals surface area contributed by atoms with E-state index in [9.17, 15) is 10.1 Å². The number of hydroxylamine groups is 2. The highest BCUT2D eigenvalue weighted by Gasteiger charge is 2.20. The lowest BCUT2D eigenvalue weighted by Crippen LogP contribution is -2.26. The Hall–Kier alpha value is -2.10. The molecule has 0 aliphatic carbocycles. The molecule has 1 aliphatic heterocycles. The summed E-state index contributed by atoms with van der Waals surface area (Å²) in [5, 5.41) is 10.3. The van der Waals surface area contributed by atoms with Gasteiger partial charge in [-0.3, -0.25) is 9.63 Å². The summed E-state index contributed by atoms with van der Waals surface area (Å²) in [6, 6.07) is 3.94. The minimum atomic E-state index is -0.459. The number of nitrogens with zero attached hydrogens (tertiary/aromatic N) is 3. The molecule has 0 spiro atoms. The minimum Gasteiger partial charge on any atom is -0.376 e. The van der Waals surface area contributed by atoms with Gasteiger partial charge in [-0.15, -0.1) is 0 Å². The summed E-state index contributed by atoms with van der Waals surface area (Å²) >= 11 is 0. The van der Waals surface area contributed by atoms with Crippen LogP contribution >= 0.6 is 0 Å². The van der Waals surface area contributed by atoms with Crippen LogP contribution in [0.25, 0.3) is 6.08 Å². The van der Waals surface area contributed by atoms with Crippen LogP contribution in [0.15, 0.2) is 11.6 Å². The second kappa shape index (κ2) is 7.44. The Morgan fingerprint density at radius 1 is 1.61 bits per heavy atom. The number of likely N-dealkylation sites (N-methyl/N-ethyl adjacent to an activating group) is 1. The number of aryl methyl sites for hydroxylation is 1. The Balaban J connectivity index is 2.27. The highest BCUT2D eigenvalue weighted by Crippen LogP contribution is 2.22. The van der Waals surface area contributed by atoms with Gasteiger partial charge in [0.2, 0.25) is 0 Å². The maximum atomic E-state index is 12.1. The van der Waals surface area contributed by atoms with Gasteiger partial charge in [0, 0.05) is 31.6 Å². The molecule has 1 fully saturated rings. The molecule has 1 aliphatic rings. The number of hydrogen-bond acceptors (Lipinski definition) is 4. The molecule has 2 heterocycles. The van der Waals surface area contributed by atoms with Crippen molar-refractivity contribution >= 4 is 12.0 Å². The zero-order chi connectivity index (χ0) is 17.0. The van der Waals surface area contributed by atoms with Gasteiger partial charge in [-0.2, -0.15) is 5.26 Å². The van der Waals surface area contributed by atoms with E-state index in [4.69, 9.17) is 9.57 Å². The average molecular weight is 317 g/mol. The summed E-state index contributed by atoms with van der Waals surface area (Å²) < 4.78 is 7.88. The molecule has 1 atom stereocenters. The Labute approximate surface area is 136 Å². The third-order valence-corrected chi connectivity index (χ3v) is 4.23. The van der Waals surface area contributed by atoms with Crippen LogP contribution < -0.4 is 0 Å². The number of carbonyl (C=O) groups excluding carboxylic acids is 1. The van der Waals surface area contributed by atoms with Crippen LogP contribution in [0, 0.1) is 25.2 Å². The van der Waals surface area contributed by atoms with E-state index in [0.717, 1.165) is 48.0 Å². The van der Waals surface area contributed by atoms with E-state index in [0.29, 0.717) is 0 Å². The van der Waals surface area contributed by atoms with Gasteiger partial charge in [0.15, 0.2) is 0 Å². The molecule has 1 aromatic rings. The summed E-state index contributed by atoms with van der Waals surface area (Å²) in [5.41, 5.74) is 3.04. The lowest BCUT2D eigenvalue weighted by molar-refractivity contribution is -0.163. The van der Waals surface area contributed by atoms with Crippen molar-refractivity contribution in [2.24, 2.45) is 0 Å². The lowest BCUT2D eigenvalue weighted by Gasteiger charge is -2.15. The fourth-order valence-corrected chi connectivity index (χ4v) is 2.80. The standard InChI is InChI=1S/C17H23N3O3/c1-12-8-14(9-15(10-18)17(21)19(3)22-4)13(2)20(12)11-16-6-5-7-23-16/h8-9,16H,5-7,11H2,1-4H3/b15-9+. The quantitative estimate of drug-likeness (QED) is 0.474. The SMILES string of the molecule is CON(C)C(=O)/C(C#N)=C/c1cc(C)n(CC2CCCO2)c1C. The van der Waals surface area contributed by atoms with Crippen molar-refractivity contribution in [3.05, 3.63) is 28.6 Å². The van der Waals surface area contributed by atoms with Crippen molar-refractivity contribution in [3.8, 4) is 6.07 Å². The fraction of sp³-hybridized carbons (Fsp3) is 0.529. The van der Waals surface area contributed by atoms with Crippen molar-refractivity contribution in [1.29, 1.82) is 5.26 Å². The first-order valence-corrected chi connectivity index (χ1v) is 7.70. The van der Waals surface area contributed by atoms with Crippen molar-refractivity contribution in [1.82, 2.24) is 9.63 Å². The molecular formula is C17H23N3O3. The number of amides is 1. The summed E-state index contributed by atoms with van der Waals surface area (Å²) in [5.74, 6) is -0.459. The summed E-state index contributed by atoms with van der Waals surface area (Å²) in [6.45, 7) is 5.65. The molecule has 1 unspecified atom stereocenters. The molecule has 1 saturated heterocycles. The first-order valence-electron chi connectivity index (χ1n) is 7.70. The number of carbonyl (C=O) groups is 1. The Kier molecular flexibility index (Phi) is 5.59. The van der Waals surface area contributed by atoms with Crippen molar-refractivity contribution < 1.29 is 14.4 Å². The number of rotatable bonds is 5. The maximum absolute atomic E-state index is 12.1. The highest BCUT2D eigenvalue weighted by molar-refractivity contribution is 6.01. The Morgan fingerprint density at radius 2 is 2.35 bits per heavy atom. The molecule has 1 amide bonds. The summed E-state index contributed by atoms with van der Waals surface area (Å²) in [4.78, 5) is 16.9. The van der Waals surface area contributed by atoms with Crippen LogP contribution in [0.5, 0.6) is 0 Å². The molecule has 0 radical (unpaired) electrons. The topological polar surface area (TPSA) is 67.5 Å². The molecule has 6 nitrogen and oxygen atoms in total. The number of hydrogen-bond donors (Lipinski definition) is 0. The number of nitriles is 1. The largest absolute Gasteiger partial charge is 0.376 e. The van der Waals surface area contributed by atoms with Gasteiger partial charge < -0.3 is 9.30 Å². The van der Waals surface area contributed by atoms with E-state index >= 15 is 0 Å². The molecular weight excluding hydrogens is 294 g/mol. The van der Waals surface area contributed by atoms with E-state index in [2.05, 4.69) is 4.57 Å². The Bertz CT molecular complexity index is 649. The zero-order valence-electron chi connectivity index (χ0n) is 14.1. The summed E-state index contributed by atoms with van der Waals surface area (Å²) in [6.07, 6.45) is 4.04. The lowest BCUT2D eigenvalue weighted by atomic mass is 10.1. The van der Waals surface area contributed by atoms with E-state index in [-0.39, 0.29) is 11.7 Å². The Morgan fingerprint density at radius 3 is 2.91 bits per heavy atom. The van der Waals surface area contributed by atoms with Gasteiger partial charge in [-0.05, 0) is 44.4 Å². The van der Waals surface area contributed by atoms with Crippen molar-refractivity contribution in [3.63, 3.8) is 0 Å². The van der Waals surface area contributed by atoms with E-state index in [1.54, 1.807) is 6.08 Å². The normalized spacial score (nSPS) is 18.0. The second-order valence-corrected chi connectivity index (χ2v) is 5.73. The molecule has 23 heavy (non-hydrogen) atoms. The molecule has 0 aromatic carbocycles. The van der Waals surface area contributed by atoms with Crippen molar-refractivity contribution in [2.45, 2.75) is 39.3 Å². The molecule has 0 N–H and O–H groups in total. The first-order chi connectivity index (χ1) is 11.0. The van der Waals surface area contributed by atoms with Gasteiger partial charge in [-0.1, -0.05) is 0 Å². The predicted molar refractivity (Wildman–Crippen MR) is 86.2 cm³/mol. The third kappa shape index (κ3) is 3.81. The fourth-order valence-electron chi connectivity index (χ4n) is 2.80. The predicted octanol–water partition coefficient (Wildman–Crippen LogP) is 2.21. The zero-order valence-corrected chi connectivity index (χ0v) is 14.1. The minimum absolute atomic E-state index is 0.0479. The molecule has 0 bridgehead atoms. The van der Waals surface area contributed by atoms with Gasteiger partial charge in [-0.25, -0.2) is 5.06 Å². The van der Waals surface area contributed by atoms with Gasteiger partial charge in [0.05, 0.1) is 13.2 Å². The van der Waals surface area contributed by atoms with Gasteiger partial charge in [0.25, 0.3) is 5.91 Å². The monoisotopic (exact) mass is 317 g/mol. The molecule has 124 valence electrons. The molecule has 1 aromatic heterocycles. The van der Waals surface area contributed by atoms with Gasteiger partial charge in [0.1, 0.15) is 11.6 Å². The van der Waals surface area contributed by atoms with E-state index in [1.807, 2.05) is 26.0 Å². The first kappa shape index (κ1) is 17.3. The van der Waals surface area contributed by atoms with Gasteiger partial charge >= 0.3 is 0 Å². The number of aromatic nitrogens is 1. The van der Waals surface area contributed by atoms with Crippen LogP contribution in [0.1, 0.15) is 29.8 Å². The van der Waals surface area contributed by atoms with E-state index < -0.39 is 5.91 Å². The average Bonchev–Trinajstić information content (AvgIpc) is 3.15. The van der Waals surface area contributed by atoms with Crippen LogP contribution in [0.2, 0.25) is 0 Å². The van der Waals surface area contributed by atoms with Crippen molar-refractivity contribution in [2.75, 3.05) is 20.8 Å². The van der Waals surface area contributed by atoms with Crippen LogP contribution in [0.4, 0.5) is 0 Å². The van der Waals surface area contributed by atoms with Crippen LogP contribution in [0.3, 0.4) is 0 Å². The second-order valence-electron chi connectivity index (χ2n) is 5.73. The smallest absolute Gasteiger partial charge is 0.287 e. The van der Waals surface area contributed by atoms with Crippen LogP contribution in [-0.4, -0.2) is 42.4 Å². The maximum Gasteiger partial charge on any atom is 0.287 e. The molecule has 0 saturated carbocycles. The van der Waals surface area contributed by atoms with Crippen LogP contribution in [-0.2, 0) is 20.9 Å². The van der Waals surface area contributed by atoms with E-state index in [1.165, 1.54) is 14.2 Å². The molecule has 6 heteroatoms. The highest BCUT2D eigenvalue weighted by atomic mass is 16.7. The molecule has 2 rings (SSSR count).